The SMILES string of the molecule is O=C(c1sc2cc([N+](=O)[O-])ccc2c1Cl)N1c2ccccc2CCc2ccccc21. The number of para-hydroxylation sites is 2. The van der Waals surface area contributed by atoms with Gasteiger partial charge in [-0.05, 0) is 42.2 Å². The van der Waals surface area contributed by atoms with Crippen molar-refractivity contribution in [2.24, 2.45) is 0 Å². The van der Waals surface area contributed by atoms with Gasteiger partial charge in [0, 0.05) is 22.2 Å². The number of benzene rings is 3. The first-order chi connectivity index (χ1) is 14.5. The molecule has 1 aliphatic heterocycles. The lowest BCUT2D eigenvalue weighted by molar-refractivity contribution is -0.384. The third kappa shape index (κ3) is 2.96. The highest BCUT2D eigenvalue weighted by Gasteiger charge is 2.30. The Balaban J connectivity index is 1.70. The maximum atomic E-state index is 13.8. The summed E-state index contributed by atoms with van der Waals surface area (Å²) in [4.78, 5) is 26.6. The zero-order valence-electron chi connectivity index (χ0n) is 15.7. The van der Waals surface area contributed by atoms with Crippen LogP contribution in [-0.4, -0.2) is 10.8 Å². The average molecular weight is 435 g/mol. The van der Waals surface area contributed by atoms with Crippen LogP contribution in [0.5, 0.6) is 0 Å². The number of hydrogen-bond donors (Lipinski definition) is 0. The summed E-state index contributed by atoms with van der Waals surface area (Å²) < 4.78 is 0.619. The third-order valence-electron chi connectivity index (χ3n) is 5.35. The summed E-state index contributed by atoms with van der Waals surface area (Å²) in [6.45, 7) is 0. The Bertz CT molecular complexity index is 1280. The second-order valence-electron chi connectivity index (χ2n) is 7.08. The van der Waals surface area contributed by atoms with Gasteiger partial charge in [-0.3, -0.25) is 19.8 Å². The van der Waals surface area contributed by atoms with E-state index in [1.54, 1.807) is 11.0 Å². The Morgan fingerprint density at radius 2 is 1.57 bits per heavy atom. The van der Waals surface area contributed by atoms with Gasteiger partial charge in [-0.1, -0.05) is 48.0 Å². The molecule has 3 aromatic carbocycles. The van der Waals surface area contributed by atoms with Crippen LogP contribution in [0.3, 0.4) is 0 Å². The van der Waals surface area contributed by atoms with E-state index in [1.807, 2.05) is 48.5 Å². The van der Waals surface area contributed by atoms with E-state index in [0.717, 1.165) is 35.3 Å². The largest absolute Gasteiger partial charge is 0.276 e. The van der Waals surface area contributed by atoms with Crippen LogP contribution < -0.4 is 4.90 Å². The molecule has 0 spiro atoms. The number of carbonyl (C=O) groups excluding carboxylic acids is 1. The highest BCUT2D eigenvalue weighted by molar-refractivity contribution is 7.21. The predicted molar refractivity (Wildman–Crippen MR) is 120 cm³/mol. The number of nitro groups is 1. The molecule has 0 fully saturated rings. The van der Waals surface area contributed by atoms with Crippen LogP contribution in [0.4, 0.5) is 17.1 Å². The fourth-order valence-corrected chi connectivity index (χ4v) is 5.38. The van der Waals surface area contributed by atoms with Gasteiger partial charge in [0.15, 0.2) is 0 Å². The molecule has 0 bridgehead atoms. The van der Waals surface area contributed by atoms with Crippen molar-refractivity contribution in [1.29, 1.82) is 0 Å². The Morgan fingerprint density at radius 3 is 2.17 bits per heavy atom. The van der Waals surface area contributed by atoms with E-state index >= 15 is 0 Å². The van der Waals surface area contributed by atoms with Crippen molar-refractivity contribution in [3.63, 3.8) is 0 Å². The van der Waals surface area contributed by atoms with Crippen molar-refractivity contribution < 1.29 is 9.72 Å². The number of carbonyl (C=O) groups is 1. The van der Waals surface area contributed by atoms with Crippen LogP contribution >= 0.6 is 22.9 Å². The zero-order chi connectivity index (χ0) is 20.8. The van der Waals surface area contributed by atoms with Gasteiger partial charge in [-0.25, -0.2) is 0 Å². The van der Waals surface area contributed by atoms with E-state index in [2.05, 4.69) is 0 Å². The Labute approximate surface area is 181 Å². The lowest BCUT2D eigenvalue weighted by atomic mass is 10.0. The number of rotatable bonds is 2. The Hall–Kier alpha value is -3.22. The minimum Gasteiger partial charge on any atom is -0.276 e. The number of aryl methyl sites for hydroxylation is 2. The monoisotopic (exact) mass is 434 g/mol. The first-order valence-corrected chi connectivity index (χ1v) is 10.6. The van der Waals surface area contributed by atoms with Gasteiger partial charge in [0.25, 0.3) is 11.6 Å². The number of anilines is 2. The molecule has 4 aromatic rings. The molecule has 7 heteroatoms. The summed E-state index contributed by atoms with van der Waals surface area (Å²) in [5.41, 5.74) is 3.84. The quantitative estimate of drug-likeness (QED) is 0.266. The second-order valence-corrected chi connectivity index (χ2v) is 8.51. The zero-order valence-corrected chi connectivity index (χ0v) is 17.2. The molecule has 30 heavy (non-hydrogen) atoms. The molecular formula is C23H15ClN2O3S. The number of amides is 1. The lowest BCUT2D eigenvalue weighted by Gasteiger charge is -2.24. The van der Waals surface area contributed by atoms with E-state index in [0.29, 0.717) is 20.0 Å². The van der Waals surface area contributed by atoms with Crippen molar-refractivity contribution in [2.75, 3.05) is 4.90 Å². The molecule has 0 radical (unpaired) electrons. The molecule has 5 nitrogen and oxygen atoms in total. The standard InChI is InChI=1S/C23H15ClN2O3S/c24-21-17-12-11-16(26(28)29)13-20(17)30-22(21)23(27)25-18-7-3-1-5-14(18)9-10-15-6-2-4-8-19(15)25/h1-8,11-13H,9-10H2. The molecule has 0 N–H and O–H groups in total. The van der Waals surface area contributed by atoms with E-state index in [9.17, 15) is 14.9 Å². The molecule has 0 aliphatic carbocycles. The van der Waals surface area contributed by atoms with E-state index in [4.69, 9.17) is 11.6 Å². The minimum atomic E-state index is -0.449. The van der Waals surface area contributed by atoms with E-state index in [-0.39, 0.29) is 11.6 Å². The fourth-order valence-electron chi connectivity index (χ4n) is 3.91. The third-order valence-corrected chi connectivity index (χ3v) is 7.00. The van der Waals surface area contributed by atoms with E-state index < -0.39 is 4.92 Å². The first-order valence-electron chi connectivity index (χ1n) is 9.41. The van der Waals surface area contributed by atoms with E-state index in [1.165, 1.54) is 23.5 Å². The molecule has 148 valence electrons. The number of halogens is 1. The van der Waals surface area contributed by atoms with Crippen molar-refractivity contribution >= 4 is 56.0 Å². The minimum absolute atomic E-state index is 0.0233. The normalized spacial score (nSPS) is 12.9. The molecule has 1 aliphatic rings. The molecular weight excluding hydrogens is 420 g/mol. The van der Waals surface area contributed by atoms with Crippen molar-refractivity contribution in [3.05, 3.63) is 97.9 Å². The first kappa shape index (κ1) is 18.8. The summed E-state index contributed by atoms with van der Waals surface area (Å²) in [7, 11) is 0. The van der Waals surface area contributed by atoms with Crippen LogP contribution in [0, 0.1) is 10.1 Å². The van der Waals surface area contributed by atoms with Gasteiger partial charge < -0.3 is 0 Å². The predicted octanol–water partition coefficient (Wildman–Crippen LogP) is 6.54. The Morgan fingerprint density at radius 1 is 0.967 bits per heavy atom. The van der Waals surface area contributed by atoms with Crippen LogP contribution in [0.15, 0.2) is 66.7 Å². The summed E-state index contributed by atoms with van der Waals surface area (Å²) in [6.07, 6.45) is 1.67. The number of nitro benzene ring substituents is 1. The molecule has 5 rings (SSSR count). The van der Waals surface area contributed by atoms with Gasteiger partial charge in [-0.2, -0.15) is 0 Å². The van der Waals surface area contributed by atoms with Gasteiger partial charge in [-0.15, -0.1) is 11.3 Å². The van der Waals surface area contributed by atoms with Crippen molar-refractivity contribution in [3.8, 4) is 0 Å². The summed E-state index contributed by atoms with van der Waals surface area (Å²) >= 11 is 7.78. The summed E-state index contributed by atoms with van der Waals surface area (Å²) in [6, 6.07) is 20.2. The lowest BCUT2D eigenvalue weighted by Crippen LogP contribution is -2.26. The molecule has 0 saturated heterocycles. The number of fused-ring (bicyclic) bond motifs is 3. The molecule has 2 heterocycles. The molecule has 0 saturated carbocycles. The summed E-state index contributed by atoms with van der Waals surface area (Å²) in [5, 5.41) is 12.1. The van der Waals surface area contributed by atoms with Crippen LogP contribution in [0.25, 0.3) is 10.1 Å². The molecule has 0 atom stereocenters. The number of non-ortho nitro benzene ring substituents is 1. The van der Waals surface area contributed by atoms with Crippen LogP contribution in [0.2, 0.25) is 5.02 Å². The second kappa shape index (κ2) is 7.23. The maximum absolute atomic E-state index is 13.8. The number of thiophene rings is 1. The van der Waals surface area contributed by atoms with Gasteiger partial charge >= 0.3 is 0 Å². The smallest absolute Gasteiger partial charge is 0.274 e. The van der Waals surface area contributed by atoms with Crippen molar-refractivity contribution in [2.45, 2.75) is 12.8 Å². The number of hydrogen-bond acceptors (Lipinski definition) is 4. The van der Waals surface area contributed by atoms with Gasteiger partial charge in [0.2, 0.25) is 0 Å². The molecule has 1 amide bonds. The summed E-state index contributed by atoms with van der Waals surface area (Å²) in [5.74, 6) is -0.231. The topological polar surface area (TPSA) is 63.4 Å². The van der Waals surface area contributed by atoms with Crippen LogP contribution in [0.1, 0.15) is 20.8 Å². The highest BCUT2D eigenvalue weighted by atomic mass is 35.5. The Kier molecular flexibility index (Phi) is 4.53. The average Bonchev–Trinajstić information content (AvgIpc) is 2.99. The highest BCUT2D eigenvalue weighted by Crippen LogP contribution is 2.42. The molecule has 1 aromatic heterocycles. The fraction of sp³-hybridized carbons (Fsp3) is 0.0870. The number of nitrogens with zero attached hydrogens (tertiary/aromatic N) is 2. The van der Waals surface area contributed by atoms with Gasteiger partial charge in [0.05, 0.1) is 21.3 Å². The molecule has 0 unspecified atom stereocenters. The maximum Gasteiger partial charge on any atom is 0.274 e. The van der Waals surface area contributed by atoms with Gasteiger partial charge in [0.1, 0.15) is 4.88 Å². The van der Waals surface area contributed by atoms with Crippen molar-refractivity contribution in [1.82, 2.24) is 0 Å². The van der Waals surface area contributed by atoms with Crippen LogP contribution in [-0.2, 0) is 12.8 Å².